The molecule has 0 atom stereocenters. The summed E-state index contributed by atoms with van der Waals surface area (Å²) < 4.78 is 0.448. The number of amides is 1. The molecule has 0 bridgehead atoms. The Kier molecular flexibility index (Phi) is 5.41. The van der Waals surface area contributed by atoms with Crippen LogP contribution < -0.4 is 4.90 Å². The summed E-state index contributed by atoms with van der Waals surface area (Å²) in [5.41, 5.74) is 1.60. The Bertz CT molecular complexity index is 863. The van der Waals surface area contributed by atoms with Crippen LogP contribution >= 0.6 is 47.2 Å². The highest BCUT2D eigenvalue weighted by atomic mass is 35.5. The molecule has 1 saturated heterocycles. The van der Waals surface area contributed by atoms with E-state index in [-0.39, 0.29) is 5.91 Å². The zero-order valence-corrected chi connectivity index (χ0v) is 15.4. The average Bonchev–Trinajstić information content (AvgIpc) is 2.83. The van der Waals surface area contributed by atoms with E-state index in [1.807, 2.05) is 42.5 Å². The van der Waals surface area contributed by atoms with Gasteiger partial charge in [0.25, 0.3) is 5.91 Å². The molecule has 2 aromatic rings. The van der Waals surface area contributed by atoms with Gasteiger partial charge >= 0.3 is 0 Å². The lowest BCUT2D eigenvalue weighted by Gasteiger charge is -2.16. The number of hydrogen-bond donors (Lipinski definition) is 0. The van der Waals surface area contributed by atoms with Crippen molar-refractivity contribution in [3.63, 3.8) is 0 Å². The smallest absolute Gasteiger partial charge is 0.268 e. The molecular weight excluding hydrogens is 381 g/mol. The zero-order valence-electron chi connectivity index (χ0n) is 12.3. The van der Waals surface area contributed by atoms with Crippen LogP contribution in [-0.4, -0.2) is 10.2 Å². The lowest BCUT2D eigenvalue weighted by atomic mass is 10.2. The van der Waals surface area contributed by atoms with E-state index in [0.717, 1.165) is 5.56 Å². The molecule has 0 radical (unpaired) electrons. The average molecular weight is 392 g/mol. The summed E-state index contributed by atoms with van der Waals surface area (Å²) >= 11 is 18.7. The molecule has 1 amide bonds. The van der Waals surface area contributed by atoms with E-state index in [0.29, 0.717) is 25.0 Å². The Balaban J connectivity index is 1.84. The molecule has 1 fully saturated rings. The predicted octanol–water partition coefficient (Wildman–Crippen LogP) is 5.96. The first-order valence-electron chi connectivity index (χ1n) is 7.01. The van der Waals surface area contributed by atoms with Gasteiger partial charge in [-0.25, -0.2) is 0 Å². The second-order valence-electron chi connectivity index (χ2n) is 4.90. The van der Waals surface area contributed by atoms with Gasteiger partial charge in [0.05, 0.1) is 15.6 Å². The van der Waals surface area contributed by atoms with Gasteiger partial charge in [-0.15, -0.1) is 0 Å². The van der Waals surface area contributed by atoms with Crippen LogP contribution in [0.5, 0.6) is 0 Å². The minimum absolute atomic E-state index is 0.188. The maximum absolute atomic E-state index is 12.6. The van der Waals surface area contributed by atoms with Crippen molar-refractivity contribution < 1.29 is 4.79 Å². The van der Waals surface area contributed by atoms with Gasteiger partial charge in [0.15, 0.2) is 4.32 Å². The van der Waals surface area contributed by atoms with Gasteiger partial charge in [0.2, 0.25) is 0 Å². The van der Waals surface area contributed by atoms with Crippen LogP contribution in [-0.2, 0) is 4.79 Å². The molecule has 0 unspecified atom stereocenters. The fourth-order valence-electron chi connectivity index (χ4n) is 2.16. The number of allylic oxidation sites excluding steroid dienone is 2. The van der Waals surface area contributed by atoms with E-state index in [1.165, 1.54) is 16.7 Å². The number of rotatable bonds is 3. The van der Waals surface area contributed by atoms with E-state index in [2.05, 4.69) is 0 Å². The minimum Gasteiger partial charge on any atom is -0.268 e. The maximum atomic E-state index is 12.6. The number of benzene rings is 2. The zero-order chi connectivity index (χ0) is 17.1. The molecular formula is C18H11Cl2NOS2. The molecule has 24 heavy (non-hydrogen) atoms. The van der Waals surface area contributed by atoms with E-state index in [1.54, 1.807) is 24.3 Å². The predicted molar refractivity (Wildman–Crippen MR) is 108 cm³/mol. The first kappa shape index (κ1) is 17.2. The Morgan fingerprint density at radius 2 is 1.83 bits per heavy atom. The topological polar surface area (TPSA) is 20.3 Å². The molecule has 0 aromatic heterocycles. The first-order valence-corrected chi connectivity index (χ1v) is 8.99. The second-order valence-corrected chi connectivity index (χ2v) is 7.42. The molecule has 0 aliphatic carbocycles. The van der Waals surface area contributed by atoms with Gasteiger partial charge in [-0.05, 0) is 29.8 Å². The minimum atomic E-state index is -0.188. The first-order chi connectivity index (χ1) is 11.6. The van der Waals surface area contributed by atoms with Crippen molar-refractivity contribution in [3.8, 4) is 0 Å². The number of carbonyl (C=O) groups excluding carboxylic acids is 1. The van der Waals surface area contributed by atoms with Crippen molar-refractivity contribution in [2.24, 2.45) is 0 Å². The summed E-state index contributed by atoms with van der Waals surface area (Å²) in [4.78, 5) is 14.6. The molecule has 1 heterocycles. The van der Waals surface area contributed by atoms with Crippen molar-refractivity contribution in [2.75, 3.05) is 4.90 Å². The SMILES string of the molecule is O=C1/C(=C/C=C/c2ccccc2)SC(=S)N1c1ccc(Cl)cc1Cl. The molecule has 1 aliphatic heterocycles. The Hall–Kier alpha value is -1.59. The standard InChI is InChI=1S/C18H11Cl2NOS2/c19-13-9-10-15(14(20)11-13)21-17(22)16(24-18(21)23)8-4-7-12-5-2-1-3-6-12/h1-11H/b7-4+,16-8-. The summed E-state index contributed by atoms with van der Waals surface area (Å²) in [6.07, 6.45) is 5.53. The number of anilines is 1. The molecule has 0 spiro atoms. The van der Waals surface area contributed by atoms with Crippen LogP contribution in [0.25, 0.3) is 6.08 Å². The van der Waals surface area contributed by atoms with Gasteiger partial charge in [-0.2, -0.15) is 0 Å². The summed E-state index contributed by atoms with van der Waals surface area (Å²) in [5, 5.41) is 0.899. The number of thiocarbonyl (C=S) groups is 1. The highest BCUT2D eigenvalue weighted by Crippen LogP contribution is 2.38. The van der Waals surface area contributed by atoms with Crippen molar-refractivity contribution in [1.29, 1.82) is 0 Å². The maximum Gasteiger partial charge on any atom is 0.270 e. The highest BCUT2D eigenvalue weighted by molar-refractivity contribution is 8.27. The van der Waals surface area contributed by atoms with E-state index >= 15 is 0 Å². The Morgan fingerprint density at radius 3 is 2.54 bits per heavy atom. The molecule has 3 rings (SSSR count). The van der Waals surface area contributed by atoms with E-state index in [9.17, 15) is 4.79 Å². The van der Waals surface area contributed by atoms with E-state index < -0.39 is 0 Å². The number of thioether (sulfide) groups is 1. The molecule has 2 nitrogen and oxygen atoms in total. The largest absolute Gasteiger partial charge is 0.270 e. The van der Waals surface area contributed by atoms with Crippen LogP contribution in [0, 0.1) is 0 Å². The summed E-state index contributed by atoms with van der Waals surface area (Å²) in [5.74, 6) is -0.188. The Morgan fingerprint density at radius 1 is 1.08 bits per heavy atom. The fraction of sp³-hybridized carbons (Fsp3) is 0. The Labute approximate surface area is 159 Å². The molecule has 2 aromatic carbocycles. The van der Waals surface area contributed by atoms with Gasteiger partial charge in [0.1, 0.15) is 0 Å². The molecule has 0 N–H and O–H groups in total. The van der Waals surface area contributed by atoms with Crippen LogP contribution in [0.4, 0.5) is 5.69 Å². The van der Waals surface area contributed by atoms with Gasteiger partial charge < -0.3 is 0 Å². The third-order valence-electron chi connectivity index (χ3n) is 3.28. The number of nitrogens with zero attached hydrogens (tertiary/aromatic N) is 1. The van der Waals surface area contributed by atoms with Crippen LogP contribution in [0.3, 0.4) is 0 Å². The molecule has 1 aliphatic rings. The van der Waals surface area contributed by atoms with Crippen LogP contribution in [0.2, 0.25) is 10.0 Å². The van der Waals surface area contributed by atoms with Gasteiger partial charge in [-0.1, -0.05) is 89.7 Å². The highest BCUT2D eigenvalue weighted by Gasteiger charge is 2.34. The second kappa shape index (κ2) is 7.53. The van der Waals surface area contributed by atoms with Crippen molar-refractivity contribution >= 4 is 69.2 Å². The third-order valence-corrected chi connectivity index (χ3v) is 5.14. The molecule has 6 heteroatoms. The number of carbonyl (C=O) groups is 1. The summed E-state index contributed by atoms with van der Waals surface area (Å²) in [7, 11) is 0. The van der Waals surface area contributed by atoms with Crippen molar-refractivity contribution in [2.45, 2.75) is 0 Å². The van der Waals surface area contributed by atoms with Gasteiger partial charge in [-0.3, -0.25) is 9.69 Å². The summed E-state index contributed by atoms with van der Waals surface area (Å²) in [6.45, 7) is 0. The van der Waals surface area contributed by atoms with Crippen molar-refractivity contribution in [3.05, 3.63) is 81.2 Å². The van der Waals surface area contributed by atoms with Crippen LogP contribution in [0.15, 0.2) is 65.6 Å². The van der Waals surface area contributed by atoms with Crippen molar-refractivity contribution in [1.82, 2.24) is 0 Å². The normalized spacial score (nSPS) is 16.6. The third kappa shape index (κ3) is 3.73. The number of halogens is 2. The fourth-order valence-corrected chi connectivity index (χ4v) is 3.89. The number of hydrogen-bond acceptors (Lipinski definition) is 3. The molecule has 120 valence electrons. The van der Waals surface area contributed by atoms with Gasteiger partial charge in [0, 0.05) is 5.02 Å². The monoisotopic (exact) mass is 391 g/mol. The summed E-state index contributed by atoms with van der Waals surface area (Å²) in [6, 6.07) is 14.8. The molecule has 0 saturated carbocycles. The lowest BCUT2D eigenvalue weighted by molar-refractivity contribution is -0.113. The van der Waals surface area contributed by atoms with Crippen LogP contribution in [0.1, 0.15) is 5.56 Å². The van der Waals surface area contributed by atoms with E-state index in [4.69, 9.17) is 35.4 Å². The quantitative estimate of drug-likeness (QED) is 0.475. The lowest BCUT2D eigenvalue weighted by Crippen LogP contribution is -2.27.